The molecule has 1 heterocycles. The molecule has 86 valence electrons. The van der Waals surface area contributed by atoms with Gasteiger partial charge in [0.25, 0.3) is 0 Å². The van der Waals surface area contributed by atoms with Gasteiger partial charge in [-0.25, -0.2) is 0 Å². The van der Waals surface area contributed by atoms with E-state index in [-0.39, 0.29) is 6.04 Å². The van der Waals surface area contributed by atoms with Crippen LogP contribution in [0.3, 0.4) is 0 Å². The number of aliphatic imine (C=N–C) groups is 1. The summed E-state index contributed by atoms with van der Waals surface area (Å²) in [6, 6.07) is 7.36. The summed E-state index contributed by atoms with van der Waals surface area (Å²) in [5.41, 5.74) is 2.61. The third kappa shape index (κ3) is 1.62. The van der Waals surface area contributed by atoms with E-state index in [1.165, 1.54) is 0 Å². The van der Waals surface area contributed by atoms with E-state index in [1.54, 1.807) is 6.08 Å². The zero-order chi connectivity index (χ0) is 11.8. The molecule has 3 rings (SSSR count). The zero-order valence-electron chi connectivity index (χ0n) is 9.09. The summed E-state index contributed by atoms with van der Waals surface area (Å²) in [5.74, 6) is -1.71. The molecule has 4 heteroatoms. The van der Waals surface area contributed by atoms with Crippen LogP contribution in [0.25, 0.3) is 0 Å². The molecule has 1 aliphatic carbocycles. The molecule has 1 N–H and O–H groups in total. The normalized spacial score (nSPS) is 25.3. The highest BCUT2D eigenvalue weighted by atomic mass is 16.4. The first kappa shape index (κ1) is 10.1. The van der Waals surface area contributed by atoms with Crippen LogP contribution >= 0.6 is 0 Å². The standard InChI is InChI=1S/C13H12N2O2/c16-13(17)8-4-3-7-11-12(8)15-10-6-2-1-5-9(10)14-11/h1-6,8,12,15H,7H2,(H,16,17)/p-1/t8-,12+/m1/s1. The molecule has 2 aliphatic rings. The van der Waals surface area contributed by atoms with Crippen LogP contribution in [0.15, 0.2) is 41.4 Å². The van der Waals surface area contributed by atoms with Gasteiger partial charge in [0.2, 0.25) is 0 Å². The van der Waals surface area contributed by atoms with Crippen molar-refractivity contribution in [3.8, 4) is 0 Å². The van der Waals surface area contributed by atoms with Crippen molar-refractivity contribution >= 4 is 23.1 Å². The van der Waals surface area contributed by atoms with Crippen LogP contribution < -0.4 is 10.4 Å². The van der Waals surface area contributed by atoms with Crippen molar-refractivity contribution in [2.75, 3.05) is 5.32 Å². The number of carbonyl (C=O) groups excluding carboxylic acids is 1. The smallest absolute Gasteiger partial charge is 0.0861 e. The molecule has 0 aromatic heterocycles. The number of carbonyl (C=O) groups is 1. The molecule has 1 aliphatic heterocycles. The van der Waals surface area contributed by atoms with Crippen molar-refractivity contribution < 1.29 is 9.90 Å². The second kappa shape index (κ2) is 3.73. The van der Waals surface area contributed by atoms with Gasteiger partial charge in [-0.2, -0.15) is 0 Å². The highest BCUT2D eigenvalue weighted by molar-refractivity contribution is 6.02. The molecule has 2 atom stereocenters. The molecular formula is C13H11N2O2-. The maximum atomic E-state index is 11.1. The minimum atomic E-state index is -1.06. The minimum absolute atomic E-state index is 0.278. The largest absolute Gasteiger partial charge is 0.549 e. The Kier molecular flexibility index (Phi) is 2.21. The highest BCUT2D eigenvalue weighted by Crippen LogP contribution is 2.33. The van der Waals surface area contributed by atoms with Crippen LogP contribution in [0.5, 0.6) is 0 Å². The summed E-state index contributed by atoms with van der Waals surface area (Å²) in [4.78, 5) is 15.6. The van der Waals surface area contributed by atoms with E-state index in [1.807, 2.05) is 30.3 Å². The lowest BCUT2D eigenvalue weighted by molar-refractivity contribution is -0.309. The fourth-order valence-electron chi connectivity index (χ4n) is 2.30. The number of hydrogen-bond donors (Lipinski definition) is 1. The van der Waals surface area contributed by atoms with E-state index in [4.69, 9.17) is 0 Å². The molecule has 1 aromatic carbocycles. The third-order valence-corrected chi connectivity index (χ3v) is 3.14. The average Bonchev–Trinajstić information content (AvgIpc) is 2.35. The van der Waals surface area contributed by atoms with Gasteiger partial charge < -0.3 is 15.2 Å². The fourth-order valence-corrected chi connectivity index (χ4v) is 2.30. The Morgan fingerprint density at radius 3 is 3.06 bits per heavy atom. The molecule has 1 aromatic rings. The Morgan fingerprint density at radius 1 is 1.41 bits per heavy atom. The first-order chi connectivity index (χ1) is 8.25. The van der Waals surface area contributed by atoms with E-state index in [9.17, 15) is 9.90 Å². The summed E-state index contributed by atoms with van der Waals surface area (Å²) in [7, 11) is 0. The summed E-state index contributed by atoms with van der Waals surface area (Å²) >= 11 is 0. The zero-order valence-corrected chi connectivity index (χ0v) is 9.09. The maximum absolute atomic E-state index is 11.1. The molecule has 0 saturated heterocycles. The predicted molar refractivity (Wildman–Crippen MR) is 63.2 cm³/mol. The number of rotatable bonds is 1. The number of nitrogens with zero attached hydrogens (tertiary/aromatic N) is 1. The Morgan fingerprint density at radius 2 is 2.24 bits per heavy atom. The van der Waals surface area contributed by atoms with Gasteiger partial charge in [-0.3, -0.25) is 4.99 Å². The van der Waals surface area contributed by atoms with Gasteiger partial charge in [-0.1, -0.05) is 24.3 Å². The quantitative estimate of drug-likeness (QED) is 0.724. The van der Waals surface area contributed by atoms with Gasteiger partial charge in [0.05, 0.1) is 23.4 Å². The number of allylic oxidation sites excluding steroid dienone is 1. The Balaban J connectivity index is 2.04. The molecule has 0 saturated carbocycles. The number of fused-ring (bicyclic) bond motifs is 2. The van der Waals surface area contributed by atoms with Gasteiger partial charge in [0, 0.05) is 18.1 Å². The average molecular weight is 227 g/mol. The summed E-state index contributed by atoms with van der Waals surface area (Å²) in [6.45, 7) is 0. The lowest BCUT2D eigenvalue weighted by atomic mass is 9.87. The molecule has 17 heavy (non-hydrogen) atoms. The van der Waals surface area contributed by atoms with Gasteiger partial charge in [-0.15, -0.1) is 0 Å². The van der Waals surface area contributed by atoms with Crippen LogP contribution in [0.4, 0.5) is 11.4 Å². The number of anilines is 1. The number of benzene rings is 1. The second-order valence-corrected chi connectivity index (χ2v) is 4.22. The first-order valence-electron chi connectivity index (χ1n) is 5.56. The Labute approximate surface area is 98.7 Å². The van der Waals surface area contributed by atoms with Crippen molar-refractivity contribution in [2.45, 2.75) is 12.5 Å². The van der Waals surface area contributed by atoms with Crippen molar-refractivity contribution in [1.29, 1.82) is 0 Å². The number of carboxylic acids is 1. The minimum Gasteiger partial charge on any atom is -0.549 e. The topological polar surface area (TPSA) is 64.5 Å². The van der Waals surface area contributed by atoms with Crippen molar-refractivity contribution in [3.63, 3.8) is 0 Å². The van der Waals surface area contributed by atoms with Crippen LogP contribution in [-0.4, -0.2) is 17.7 Å². The highest BCUT2D eigenvalue weighted by Gasteiger charge is 2.30. The first-order valence-corrected chi connectivity index (χ1v) is 5.56. The fraction of sp³-hybridized carbons (Fsp3) is 0.231. The lowest BCUT2D eigenvalue weighted by Crippen LogP contribution is -2.47. The van der Waals surface area contributed by atoms with Crippen molar-refractivity contribution in [2.24, 2.45) is 10.9 Å². The molecule has 0 bridgehead atoms. The van der Waals surface area contributed by atoms with Gasteiger partial charge in [0.15, 0.2) is 0 Å². The van der Waals surface area contributed by atoms with E-state index < -0.39 is 11.9 Å². The number of carboxylic acid groups (broad SMARTS) is 1. The van der Waals surface area contributed by atoms with E-state index in [2.05, 4.69) is 10.3 Å². The lowest BCUT2D eigenvalue weighted by Gasteiger charge is -2.34. The third-order valence-electron chi connectivity index (χ3n) is 3.14. The van der Waals surface area contributed by atoms with Crippen molar-refractivity contribution in [1.82, 2.24) is 0 Å². The molecule has 0 unspecified atom stereocenters. The summed E-state index contributed by atoms with van der Waals surface area (Å²) in [6.07, 6.45) is 4.21. The van der Waals surface area contributed by atoms with Gasteiger partial charge >= 0.3 is 0 Å². The molecule has 0 spiro atoms. The van der Waals surface area contributed by atoms with Gasteiger partial charge in [0.1, 0.15) is 0 Å². The molecule has 0 radical (unpaired) electrons. The van der Waals surface area contributed by atoms with Crippen LogP contribution in [-0.2, 0) is 4.79 Å². The molecular weight excluding hydrogens is 216 g/mol. The van der Waals surface area contributed by atoms with Crippen LogP contribution in [0.2, 0.25) is 0 Å². The monoisotopic (exact) mass is 227 g/mol. The molecule has 0 fully saturated rings. The molecule has 4 nitrogen and oxygen atoms in total. The van der Waals surface area contributed by atoms with Crippen LogP contribution in [0.1, 0.15) is 6.42 Å². The van der Waals surface area contributed by atoms with Crippen molar-refractivity contribution in [3.05, 3.63) is 36.4 Å². The number of para-hydroxylation sites is 2. The van der Waals surface area contributed by atoms with Gasteiger partial charge in [-0.05, 0) is 12.1 Å². The SMILES string of the molecule is O=C([O-])[C@@H]1C=CCC2=Nc3ccccc3N[C@H]21. The Hall–Kier alpha value is -2.10. The summed E-state index contributed by atoms with van der Waals surface area (Å²) in [5, 5.41) is 14.3. The second-order valence-electron chi connectivity index (χ2n) is 4.22. The molecule has 0 amide bonds. The summed E-state index contributed by atoms with van der Waals surface area (Å²) < 4.78 is 0. The van der Waals surface area contributed by atoms with E-state index >= 15 is 0 Å². The number of nitrogens with one attached hydrogen (secondary N) is 1. The predicted octanol–water partition coefficient (Wildman–Crippen LogP) is 0.879. The Bertz CT molecular complexity index is 534. The maximum Gasteiger partial charge on any atom is 0.0861 e. The van der Waals surface area contributed by atoms with E-state index in [0.717, 1.165) is 17.1 Å². The number of hydrogen-bond acceptors (Lipinski definition) is 4. The van der Waals surface area contributed by atoms with E-state index in [0.29, 0.717) is 6.42 Å². The van der Waals surface area contributed by atoms with Crippen LogP contribution in [0, 0.1) is 5.92 Å². The number of aliphatic carboxylic acids is 1.